The fourth-order valence-electron chi connectivity index (χ4n) is 4.08. The summed E-state index contributed by atoms with van der Waals surface area (Å²) in [6.45, 7) is 0.0255. The molecule has 190 valence electrons. The van der Waals surface area contributed by atoms with Crippen molar-refractivity contribution in [3.8, 4) is 5.75 Å². The van der Waals surface area contributed by atoms with Crippen LogP contribution in [0.15, 0.2) is 82.6 Å². The summed E-state index contributed by atoms with van der Waals surface area (Å²) in [4.78, 5) is 13.6. The van der Waals surface area contributed by atoms with Gasteiger partial charge in [-0.05, 0) is 47.9 Å². The number of benzene rings is 3. The van der Waals surface area contributed by atoms with E-state index in [1.807, 2.05) is 24.3 Å². The van der Waals surface area contributed by atoms with Crippen LogP contribution >= 0.6 is 0 Å². The Labute approximate surface area is 211 Å². The number of sulfonamides is 2. The zero-order valence-corrected chi connectivity index (χ0v) is 21.7. The summed E-state index contributed by atoms with van der Waals surface area (Å²) in [6.07, 6.45) is 0.159. The molecule has 11 heteroatoms. The number of carbonyl (C=O) groups excluding carboxylic acids is 1. The van der Waals surface area contributed by atoms with Crippen LogP contribution in [-0.2, 0) is 37.8 Å². The molecule has 1 aliphatic rings. The maximum Gasteiger partial charge on any atom is 0.244 e. The van der Waals surface area contributed by atoms with Gasteiger partial charge in [0.1, 0.15) is 11.8 Å². The molecule has 3 aromatic carbocycles. The van der Waals surface area contributed by atoms with Crippen molar-refractivity contribution in [1.29, 1.82) is 0 Å². The standard InChI is InChI=1S/C25H27N3O6S2/c1-27(2)35(30,31)21-13-14-24(34-3)22(16-21)26-25(29)23-15-18-9-7-8-10-19(18)17-28(23)36(32,33)20-11-5-4-6-12-20/h4-14,16,23H,15,17H2,1-3H3,(H,26,29)/t23-/m1/s1. The molecule has 0 aromatic heterocycles. The van der Waals surface area contributed by atoms with Crippen molar-refractivity contribution in [1.82, 2.24) is 8.61 Å². The molecule has 1 heterocycles. The van der Waals surface area contributed by atoms with Crippen molar-refractivity contribution >= 4 is 31.6 Å². The molecule has 0 saturated carbocycles. The largest absolute Gasteiger partial charge is 0.495 e. The Bertz CT molecular complexity index is 1490. The van der Waals surface area contributed by atoms with E-state index in [1.165, 1.54) is 55.8 Å². The molecule has 0 saturated heterocycles. The van der Waals surface area contributed by atoms with E-state index in [1.54, 1.807) is 18.2 Å². The summed E-state index contributed by atoms with van der Waals surface area (Å²) < 4.78 is 60.0. The van der Waals surface area contributed by atoms with Crippen molar-refractivity contribution in [2.24, 2.45) is 0 Å². The first-order chi connectivity index (χ1) is 17.1. The maximum atomic E-state index is 13.6. The highest BCUT2D eigenvalue weighted by molar-refractivity contribution is 7.89. The van der Waals surface area contributed by atoms with Gasteiger partial charge in [0.15, 0.2) is 0 Å². The summed E-state index contributed by atoms with van der Waals surface area (Å²) in [7, 11) is -3.58. The van der Waals surface area contributed by atoms with E-state index < -0.39 is 32.0 Å². The van der Waals surface area contributed by atoms with Crippen LogP contribution < -0.4 is 10.1 Å². The minimum atomic E-state index is -4.01. The Morgan fingerprint density at radius 2 is 1.56 bits per heavy atom. The number of ether oxygens (including phenoxy) is 1. The van der Waals surface area contributed by atoms with Gasteiger partial charge in [0.2, 0.25) is 26.0 Å². The van der Waals surface area contributed by atoms with Gasteiger partial charge >= 0.3 is 0 Å². The molecule has 0 radical (unpaired) electrons. The van der Waals surface area contributed by atoms with Crippen LogP contribution in [0, 0.1) is 0 Å². The first kappa shape index (κ1) is 25.8. The number of nitrogens with zero attached hydrogens (tertiary/aromatic N) is 2. The molecule has 1 aliphatic heterocycles. The Morgan fingerprint density at radius 1 is 0.917 bits per heavy atom. The number of fused-ring (bicyclic) bond motifs is 1. The van der Waals surface area contributed by atoms with Crippen LogP contribution in [0.4, 0.5) is 5.69 Å². The molecule has 0 bridgehead atoms. The number of nitrogens with one attached hydrogen (secondary N) is 1. The summed E-state index contributed by atoms with van der Waals surface area (Å²) in [6, 6.07) is 18.4. The van der Waals surface area contributed by atoms with E-state index in [0.717, 1.165) is 15.4 Å². The topological polar surface area (TPSA) is 113 Å². The van der Waals surface area contributed by atoms with Crippen molar-refractivity contribution in [3.63, 3.8) is 0 Å². The third-order valence-electron chi connectivity index (χ3n) is 6.07. The lowest BCUT2D eigenvalue weighted by atomic mass is 9.95. The van der Waals surface area contributed by atoms with Crippen molar-refractivity contribution < 1.29 is 26.4 Å². The lowest BCUT2D eigenvalue weighted by molar-refractivity contribution is -0.120. The Kier molecular flexibility index (Phi) is 7.19. The zero-order chi connectivity index (χ0) is 26.1. The summed E-state index contributed by atoms with van der Waals surface area (Å²) >= 11 is 0. The second-order valence-electron chi connectivity index (χ2n) is 8.49. The van der Waals surface area contributed by atoms with Crippen LogP contribution in [0.5, 0.6) is 5.75 Å². The lowest BCUT2D eigenvalue weighted by Crippen LogP contribution is -2.50. The minimum absolute atomic E-state index is 0.0255. The zero-order valence-electron chi connectivity index (χ0n) is 20.1. The Morgan fingerprint density at radius 3 is 2.19 bits per heavy atom. The fourth-order valence-corrected chi connectivity index (χ4v) is 6.59. The van der Waals surface area contributed by atoms with Gasteiger partial charge in [0.25, 0.3) is 0 Å². The Balaban J connectivity index is 1.74. The molecule has 0 fully saturated rings. The molecule has 9 nitrogen and oxygen atoms in total. The number of hydrogen-bond acceptors (Lipinski definition) is 6. The lowest BCUT2D eigenvalue weighted by Gasteiger charge is -2.35. The number of carbonyl (C=O) groups is 1. The van der Waals surface area contributed by atoms with Crippen LogP contribution in [-0.4, -0.2) is 58.6 Å². The number of anilines is 1. The van der Waals surface area contributed by atoms with E-state index in [2.05, 4.69) is 5.32 Å². The molecule has 4 rings (SSSR count). The monoisotopic (exact) mass is 529 g/mol. The number of amides is 1. The molecule has 0 spiro atoms. The van der Waals surface area contributed by atoms with Gasteiger partial charge in [-0.2, -0.15) is 4.31 Å². The highest BCUT2D eigenvalue weighted by atomic mass is 32.2. The second kappa shape index (κ2) is 10.0. The van der Waals surface area contributed by atoms with E-state index in [0.29, 0.717) is 0 Å². The predicted molar refractivity (Wildman–Crippen MR) is 136 cm³/mol. The van der Waals surface area contributed by atoms with E-state index in [-0.39, 0.29) is 34.2 Å². The van der Waals surface area contributed by atoms with Gasteiger partial charge in [-0.15, -0.1) is 0 Å². The van der Waals surface area contributed by atoms with Crippen LogP contribution in [0.3, 0.4) is 0 Å². The van der Waals surface area contributed by atoms with Crippen molar-refractivity contribution in [2.45, 2.75) is 28.8 Å². The molecule has 1 amide bonds. The van der Waals surface area contributed by atoms with E-state index >= 15 is 0 Å². The van der Waals surface area contributed by atoms with Crippen molar-refractivity contribution in [3.05, 3.63) is 83.9 Å². The molecule has 1 N–H and O–H groups in total. The number of rotatable bonds is 7. The first-order valence-corrected chi connectivity index (χ1v) is 14.0. The molecule has 0 aliphatic carbocycles. The normalized spacial score (nSPS) is 16.4. The molecular formula is C25H27N3O6S2. The van der Waals surface area contributed by atoms with Gasteiger partial charge in [-0.3, -0.25) is 4.79 Å². The number of methoxy groups -OCH3 is 1. The van der Waals surface area contributed by atoms with Crippen LogP contribution in [0.2, 0.25) is 0 Å². The molecule has 0 unspecified atom stereocenters. The summed E-state index contributed by atoms with van der Waals surface area (Å²) in [5, 5.41) is 2.71. The van der Waals surface area contributed by atoms with E-state index in [9.17, 15) is 21.6 Å². The molecule has 1 atom stereocenters. The highest BCUT2D eigenvalue weighted by Gasteiger charge is 2.40. The van der Waals surface area contributed by atoms with Gasteiger partial charge in [0, 0.05) is 20.6 Å². The SMILES string of the molecule is COc1ccc(S(=O)(=O)N(C)C)cc1NC(=O)[C@H]1Cc2ccccc2CN1S(=O)(=O)c1ccccc1. The molecule has 3 aromatic rings. The quantitative estimate of drug-likeness (QED) is 0.504. The number of hydrogen-bond donors (Lipinski definition) is 1. The average molecular weight is 530 g/mol. The summed E-state index contributed by atoms with van der Waals surface area (Å²) in [5.74, 6) is -0.351. The van der Waals surface area contributed by atoms with Crippen LogP contribution in [0.25, 0.3) is 0 Å². The smallest absolute Gasteiger partial charge is 0.244 e. The van der Waals surface area contributed by atoms with Crippen molar-refractivity contribution in [2.75, 3.05) is 26.5 Å². The van der Waals surface area contributed by atoms with Crippen LogP contribution in [0.1, 0.15) is 11.1 Å². The third-order valence-corrected chi connectivity index (χ3v) is 9.75. The fraction of sp³-hybridized carbons (Fsp3) is 0.240. The Hall–Kier alpha value is -3.25. The molecule has 36 heavy (non-hydrogen) atoms. The van der Waals surface area contributed by atoms with Gasteiger partial charge in [-0.25, -0.2) is 21.1 Å². The maximum absolute atomic E-state index is 13.6. The van der Waals surface area contributed by atoms with Gasteiger partial charge in [-0.1, -0.05) is 42.5 Å². The first-order valence-electron chi connectivity index (χ1n) is 11.1. The van der Waals surface area contributed by atoms with Gasteiger partial charge < -0.3 is 10.1 Å². The average Bonchev–Trinajstić information content (AvgIpc) is 2.88. The highest BCUT2D eigenvalue weighted by Crippen LogP contribution is 2.32. The molecular weight excluding hydrogens is 502 g/mol. The van der Waals surface area contributed by atoms with E-state index in [4.69, 9.17) is 4.74 Å². The summed E-state index contributed by atoms with van der Waals surface area (Å²) in [5.41, 5.74) is 1.81. The van der Waals surface area contributed by atoms with Gasteiger partial charge in [0.05, 0.1) is 22.6 Å². The minimum Gasteiger partial charge on any atom is -0.495 e. The second-order valence-corrected chi connectivity index (χ2v) is 12.5. The predicted octanol–water partition coefficient (Wildman–Crippen LogP) is 2.70. The third kappa shape index (κ3) is 4.87.